The van der Waals surface area contributed by atoms with E-state index in [2.05, 4.69) is 12.2 Å². The molecule has 2 N–H and O–H groups in total. The number of hydrogen-bond acceptors (Lipinski definition) is 3. The number of phenols is 1. The Hall–Kier alpha value is -1.22. The zero-order valence-corrected chi connectivity index (χ0v) is 9.86. The summed E-state index contributed by atoms with van der Waals surface area (Å²) in [5.41, 5.74) is 2.19. The number of hydrogen-bond donors (Lipinski definition) is 2. The van der Waals surface area contributed by atoms with Gasteiger partial charge in [-0.15, -0.1) is 0 Å². The summed E-state index contributed by atoms with van der Waals surface area (Å²) in [5, 5.41) is 12.9. The van der Waals surface area contributed by atoms with Crippen molar-refractivity contribution in [1.29, 1.82) is 0 Å². The lowest BCUT2D eigenvalue weighted by Gasteiger charge is -2.29. The maximum absolute atomic E-state index is 9.34. The van der Waals surface area contributed by atoms with Crippen molar-refractivity contribution in [2.24, 2.45) is 0 Å². The van der Waals surface area contributed by atoms with Gasteiger partial charge < -0.3 is 15.2 Å². The van der Waals surface area contributed by atoms with Crippen LogP contribution in [0, 0.1) is 6.92 Å². The monoisotopic (exact) mass is 221 g/mol. The molecule has 0 spiro atoms. The van der Waals surface area contributed by atoms with Crippen LogP contribution in [0.15, 0.2) is 18.2 Å². The third-order valence-electron chi connectivity index (χ3n) is 3.05. The van der Waals surface area contributed by atoms with Crippen molar-refractivity contribution in [3.63, 3.8) is 0 Å². The summed E-state index contributed by atoms with van der Waals surface area (Å²) in [5.74, 6) is 0.323. The summed E-state index contributed by atoms with van der Waals surface area (Å²) >= 11 is 0. The summed E-state index contributed by atoms with van der Waals surface area (Å²) < 4.78 is 5.52. The summed E-state index contributed by atoms with van der Waals surface area (Å²) in [4.78, 5) is 0. The van der Waals surface area contributed by atoms with Gasteiger partial charge in [0.1, 0.15) is 5.75 Å². The maximum Gasteiger partial charge on any atom is 0.115 e. The lowest BCUT2D eigenvalue weighted by molar-refractivity contribution is 0.0232. The van der Waals surface area contributed by atoms with Crippen LogP contribution in [-0.4, -0.2) is 23.9 Å². The highest BCUT2D eigenvalue weighted by Gasteiger charge is 2.19. The van der Waals surface area contributed by atoms with Gasteiger partial charge in [0.05, 0.1) is 6.10 Å². The largest absolute Gasteiger partial charge is 0.508 e. The highest BCUT2D eigenvalue weighted by molar-refractivity contribution is 5.53. The fourth-order valence-corrected chi connectivity index (χ4v) is 2.16. The second-order valence-corrected chi connectivity index (χ2v) is 4.55. The Kier molecular flexibility index (Phi) is 3.34. The molecule has 1 aliphatic rings. The first-order valence-electron chi connectivity index (χ1n) is 5.83. The molecule has 3 heteroatoms. The average molecular weight is 221 g/mol. The van der Waals surface area contributed by atoms with Gasteiger partial charge in [-0.1, -0.05) is 0 Å². The van der Waals surface area contributed by atoms with Crippen LogP contribution in [0.2, 0.25) is 0 Å². The lowest BCUT2D eigenvalue weighted by Crippen LogP contribution is -2.32. The molecular formula is C13H19NO2. The first-order valence-corrected chi connectivity index (χ1v) is 5.83. The van der Waals surface area contributed by atoms with E-state index in [-0.39, 0.29) is 0 Å². The fraction of sp³-hybridized carbons (Fsp3) is 0.538. The topological polar surface area (TPSA) is 41.5 Å². The van der Waals surface area contributed by atoms with Crippen molar-refractivity contribution in [3.8, 4) is 5.75 Å². The van der Waals surface area contributed by atoms with Gasteiger partial charge in [-0.25, -0.2) is 0 Å². The third-order valence-corrected chi connectivity index (χ3v) is 3.05. The van der Waals surface area contributed by atoms with Crippen molar-refractivity contribution in [2.45, 2.75) is 38.8 Å². The molecule has 1 aromatic carbocycles. The van der Waals surface area contributed by atoms with E-state index in [4.69, 9.17) is 4.74 Å². The number of aryl methyl sites for hydroxylation is 1. The number of phenolic OH excluding ortho intramolecular Hbond substituents is 1. The van der Waals surface area contributed by atoms with E-state index in [1.807, 2.05) is 13.0 Å². The van der Waals surface area contributed by atoms with E-state index >= 15 is 0 Å². The molecule has 2 rings (SSSR count). The Bertz CT molecular complexity index is 365. The van der Waals surface area contributed by atoms with Gasteiger partial charge in [-0.2, -0.15) is 0 Å². The smallest absolute Gasteiger partial charge is 0.115 e. The zero-order chi connectivity index (χ0) is 11.5. The molecule has 0 radical (unpaired) electrons. The number of aromatic hydroxyl groups is 1. The van der Waals surface area contributed by atoms with Crippen molar-refractivity contribution in [1.82, 2.24) is 0 Å². The van der Waals surface area contributed by atoms with Gasteiger partial charge >= 0.3 is 0 Å². The quantitative estimate of drug-likeness (QED) is 0.754. The number of ether oxygens (including phenoxy) is 1. The molecule has 3 nitrogen and oxygen atoms in total. The number of anilines is 1. The second-order valence-electron chi connectivity index (χ2n) is 4.55. The van der Waals surface area contributed by atoms with Gasteiger partial charge in [0, 0.05) is 18.3 Å². The normalized spacial score (nSPS) is 25.4. The van der Waals surface area contributed by atoms with Crippen LogP contribution in [-0.2, 0) is 4.74 Å². The van der Waals surface area contributed by atoms with Crippen LogP contribution in [0.1, 0.15) is 25.3 Å². The third kappa shape index (κ3) is 2.67. The molecule has 1 aromatic rings. The minimum atomic E-state index is 0.323. The molecule has 2 unspecified atom stereocenters. The van der Waals surface area contributed by atoms with Crippen LogP contribution in [0.4, 0.5) is 5.69 Å². The lowest BCUT2D eigenvalue weighted by atomic mass is 10.0. The number of rotatable bonds is 2. The summed E-state index contributed by atoms with van der Waals surface area (Å²) in [7, 11) is 0. The van der Waals surface area contributed by atoms with Crippen molar-refractivity contribution < 1.29 is 9.84 Å². The molecule has 0 aliphatic carbocycles. The summed E-state index contributed by atoms with van der Waals surface area (Å²) in [6, 6.07) is 5.92. The molecule has 2 atom stereocenters. The maximum atomic E-state index is 9.34. The second kappa shape index (κ2) is 4.74. The molecule has 0 saturated carbocycles. The first-order chi connectivity index (χ1) is 7.65. The molecule has 0 amide bonds. The van der Waals surface area contributed by atoms with Gasteiger partial charge in [0.25, 0.3) is 0 Å². The van der Waals surface area contributed by atoms with Crippen molar-refractivity contribution in [3.05, 3.63) is 23.8 Å². The van der Waals surface area contributed by atoms with E-state index in [1.54, 1.807) is 12.1 Å². The Morgan fingerprint density at radius 3 is 2.94 bits per heavy atom. The van der Waals surface area contributed by atoms with Gasteiger partial charge in [-0.3, -0.25) is 0 Å². The van der Waals surface area contributed by atoms with E-state index in [9.17, 15) is 5.11 Å². The van der Waals surface area contributed by atoms with Gasteiger partial charge in [0.2, 0.25) is 0 Å². The summed E-state index contributed by atoms with van der Waals surface area (Å²) in [6.07, 6.45) is 2.42. The zero-order valence-electron chi connectivity index (χ0n) is 9.86. The Morgan fingerprint density at radius 1 is 1.44 bits per heavy atom. The summed E-state index contributed by atoms with van der Waals surface area (Å²) in [6.45, 7) is 4.94. The van der Waals surface area contributed by atoms with E-state index in [1.165, 1.54) is 0 Å². The standard InChI is InChI=1S/C13H19NO2/c1-9-7-12(15)3-4-13(9)14-11-5-6-16-10(2)8-11/h3-4,7,10-11,14-15H,5-6,8H2,1-2H3. The van der Waals surface area contributed by atoms with Crippen LogP contribution in [0.5, 0.6) is 5.75 Å². The molecule has 0 aromatic heterocycles. The SMILES string of the molecule is Cc1cc(O)ccc1NC1CCOC(C)C1. The van der Waals surface area contributed by atoms with E-state index in [0.717, 1.165) is 30.7 Å². The van der Waals surface area contributed by atoms with Crippen molar-refractivity contribution >= 4 is 5.69 Å². The Balaban J connectivity index is 2.02. The first kappa shape index (κ1) is 11.3. The minimum Gasteiger partial charge on any atom is -0.508 e. The predicted octanol–water partition coefficient (Wildman–Crippen LogP) is 2.68. The average Bonchev–Trinajstić information content (AvgIpc) is 2.22. The molecular weight excluding hydrogens is 202 g/mol. The Morgan fingerprint density at radius 2 is 2.25 bits per heavy atom. The van der Waals surface area contributed by atoms with Gasteiger partial charge in [0.15, 0.2) is 0 Å². The molecule has 0 bridgehead atoms. The minimum absolute atomic E-state index is 0.323. The van der Waals surface area contributed by atoms with Crippen molar-refractivity contribution in [2.75, 3.05) is 11.9 Å². The molecule has 16 heavy (non-hydrogen) atoms. The number of benzene rings is 1. The molecule has 1 heterocycles. The molecule has 88 valence electrons. The fourth-order valence-electron chi connectivity index (χ4n) is 2.16. The highest BCUT2D eigenvalue weighted by atomic mass is 16.5. The van der Waals surface area contributed by atoms with Crippen LogP contribution < -0.4 is 5.32 Å². The molecule has 1 aliphatic heterocycles. The van der Waals surface area contributed by atoms with Gasteiger partial charge in [-0.05, 0) is 50.5 Å². The highest BCUT2D eigenvalue weighted by Crippen LogP contribution is 2.24. The molecule has 1 fully saturated rings. The molecule has 1 saturated heterocycles. The van der Waals surface area contributed by atoms with E-state index < -0.39 is 0 Å². The van der Waals surface area contributed by atoms with Crippen LogP contribution in [0.3, 0.4) is 0 Å². The van der Waals surface area contributed by atoms with Crippen LogP contribution in [0.25, 0.3) is 0 Å². The Labute approximate surface area is 96.4 Å². The van der Waals surface area contributed by atoms with E-state index in [0.29, 0.717) is 17.9 Å². The number of nitrogens with one attached hydrogen (secondary N) is 1. The predicted molar refractivity (Wildman–Crippen MR) is 64.9 cm³/mol. The van der Waals surface area contributed by atoms with Crippen LogP contribution >= 0.6 is 0 Å².